The first-order valence-electron chi connectivity index (χ1n) is 7.88. The van der Waals surface area contributed by atoms with Gasteiger partial charge in [0.2, 0.25) is 11.8 Å². The van der Waals surface area contributed by atoms with Gasteiger partial charge in [0, 0.05) is 6.54 Å². The van der Waals surface area contributed by atoms with Gasteiger partial charge in [-0.25, -0.2) is 0 Å². The van der Waals surface area contributed by atoms with Crippen LogP contribution in [0, 0.1) is 17.8 Å². The molecule has 0 saturated carbocycles. The number of carbonyl (C=O) groups excluding carboxylic acids is 2. The maximum atomic E-state index is 12.7. The van der Waals surface area contributed by atoms with E-state index in [0.29, 0.717) is 24.8 Å². The van der Waals surface area contributed by atoms with Crippen molar-refractivity contribution in [1.29, 1.82) is 0 Å². The van der Waals surface area contributed by atoms with Gasteiger partial charge in [0.15, 0.2) is 0 Å². The van der Waals surface area contributed by atoms with Crippen molar-refractivity contribution in [3.8, 4) is 0 Å². The third-order valence-electron chi connectivity index (χ3n) is 3.95. The molecule has 0 aromatic heterocycles. The van der Waals surface area contributed by atoms with E-state index in [1.807, 2.05) is 11.8 Å². The highest BCUT2D eigenvalue weighted by atomic mass is 16.2. The summed E-state index contributed by atoms with van der Waals surface area (Å²) in [6, 6.07) is -0.653. The lowest BCUT2D eigenvalue weighted by atomic mass is 9.90. The Morgan fingerprint density at radius 1 is 1.10 bits per heavy atom. The van der Waals surface area contributed by atoms with Gasteiger partial charge >= 0.3 is 0 Å². The number of rotatable bonds is 6. The standard InChI is InChI=1S/C16H30N2O2/c1-7-12(6)14-15(19)17-13(8-10(2)3)16(20)18(14)9-11(4)5/h10-14H,7-9H2,1-6H3,(H,17,19). The van der Waals surface area contributed by atoms with Crippen LogP contribution in [0.4, 0.5) is 0 Å². The zero-order valence-electron chi connectivity index (χ0n) is 13.8. The molecule has 1 aliphatic heterocycles. The van der Waals surface area contributed by atoms with E-state index in [9.17, 15) is 9.59 Å². The summed E-state index contributed by atoms with van der Waals surface area (Å²) in [4.78, 5) is 26.9. The maximum absolute atomic E-state index is 12.7. The van der Waals surface area contributed by atoms with Crippen molar-refractivity contribution in [2.24, 2.45) is 17.8 Å². The first kappa shape index (κ1) is 17.0. The highest BCUT2D eigenvalue weighted by Gasteiger charge is 2.42. The topological polar surface area (TPSA) is 49.4 Å². The van der Waals surface area contributed by atoms with E-state index in [0.717, 1.165) is 6.42 Å². The van der Waals surface area contributed by atoms with E-state index in [1.165, 1.54) is 0 Å². The van der Waals surface area contributed by atoms with Crippen molar-refractivity contribution in [2.75, 3.05) is 6.54 Å². The molecule has 0 bridgehead atoms. The molecule has 0 spiro atoms. The van der Waals surface area contributed by atoms with Gasteiger partial charge in [-0.3, -0.25) is 9.59 Å². The van der Waals surface area contributed by atoms with Gasteiger partial charge in [-0.15, -0.1) is 0 Å². The summed E-state index contributed by atoms with van der Waals surface area (Å²) in [5.74, 6) is 1.07. The Bertz CT molecular complexity index is 352. The molecule has 0 aromatic carbocycles. The Morgan fingerprint density at radius 3 is 2.15 bits per heavy atom. The van der Waals surface area contributed by atoms with Gasteiger partial charge in [0.25, 0.3) is 0 Å². The van der Waals surface area contributed by atoms with Crippen LogP contribution < -0.4 is 5.32 Å². The molecule has 116 valence electrons. The SMILES string of the molecule is CCC(C)C1C(=O)NC(CC(C)C)C(=O)N1CC(C)C. The van der Waals surface area contributed by atoms with Gasteiger partial charge in [-0.05, 0) is 24.2 Å². The minimum atomic E-state index is -0.346. The van der Waals surface area contributed by atoms with E-state index in [4.69, 9.17) is 0 Å². The number of hydrogen-bond acceptors (Lipinski definition) is 2. The Labute approximate surface area is 123 Å². The maximum Gasteiger partial charge on any atom is 0.245 e. The number of amides is 2. The van der Waals surface area contributed by atoms with E-state index in [1.54, 1.807) is 0 Å². The Kier molecular flexibility index (Phi) is 6.03. The van der Waals surface area contributed by atoms with Crippen LogP contribution in [-0.2, 0) is 9.59 Å². The number of carbonyl (C=O) groups is 2. The highest BCUT2D eigenvalue weighted by molar-refractivity contribution is 5.97. The minimum absolute atomic E-state index is 0.0188. The fourth-order valence-electron chi connectivity index (χ4n) is 2.81. The molecule has 2 amide bonds. The van der Waals surface area contributed by atoms with Crippen LogP contribution in [0.3, 0.4) is 0 Å². The normalized spacial score (nSPS) is 25.3. The van der Waals surface area contributed by atoms with Gasteiger partial charge < -0.3 is 10.2 Å². The first-order valence-corrected chi connectivity index (χ1v) is 7.88. The lowest BCUT2D eigenvalue weighted by molar-refractivity contribution is -0.152. The summed E-state index contributed by atoms with van der Waals surface area (Å²) in [7, 11) is 0. The molecule has 3 unspecified atom stereocenters. The second kappa shape index (κ2) is 7.09. The number of nitrogens with zero attached hydrogens (tertiary/aromatic N) is 1. The van der Waals surface area contributed by atoms with E-state index in [-0.39, 0.29) is 29.8 Å². The van der Waals surface area contributed by atoms with Crippen LogP contribution in [0.25, 0.3) is 0 Å². The van der Waals surface area contributed by atoms with Crippen molar-refractivity contribution in [2.45, 2.75) is 66.5 Å². The molecule has 1 fully saturated rings. The summed E-state index contributed by atoms with van der Waals surface area (Å²) in [6.45, 7) is 13.1. The molecule has 1 heterocycles. The second-order valence-electron chi connectivity index (χ2n) is 6.91. The zero-order chi connectivity index (χ0) is 15.4. The Morgan fingerprint density at radius 2 is 1.70 bits per heavy atom. The molecule has 3 atom stereocenters. The number of nitrogens with one attached hydrogen (secondary N) is 1. The quantitative estimate of drug-likeness (QED) is 0.813. The molecule has 1 N–H and O–H groups in total. The van der Waals surface area contributed by atoms with Crippen molar-refractivity contribution >= 4 is 11.8 Å². The predicted molar refractivity (Wildman–Crippen MR) is 81.2 cm³/mol. The van der Waals surface area contributed by atoms with Crippen LogP contribution in [-0.4, -0.2) is 35.3 Å². The Balaban J connectivity index is 2.97. The van der Waals surface area contributed by atoms with Crippen molar-refractivity contribution in [3.63, 3.8) is 0 Å². The predicted octanol–water partition coefficient (Wildman–Crippen LogP) is 2.43. The zero-order valence-corrected chi connectivity index (χ0v) is 13.8. The summed E-state index contributed by atoms with van der Waals surface area (Å²) >= 11 is 0. The molecule has 4 heteroatoms. The molecule has 1 saturated heterocycles. The van der Waals surface area contributed by atoms with Crippen LogP contribution in [0.15, 0.2) is 0 Å². The monoisotopic (exact) mass is 282 g/mol. The van der Waals surface area contributed by atoms with Crippen LogP contribution in [0.1, 0.15) is 54.4 Å². The molecule has 0 aliphatic carbocycles. The molecule has 1 aliphatic rings. The van der Waals surface area contributed by atoms with E-state index < -0.39 is 0 Å². The highest BCUT2D eigenvalue weighted by Crippen LogP contribution is 2.23. The van der Waals surface area contributed by atoms with Crippen LogP contribution in [0.5, 0.6) is 0 Å². The summed E-state index contributed by atoms with van der Waals surface area (Å²) in [5, 5.41) is 2.94. The first-order chi connectivity index (χ1) is 9.27. The van der Waals surface area contributed by atoms with Crippen LogP contribution in [0.2, 0.25) is 0 Å². The molecule has 0 radical (unpaired) electrons. The lowest BCUT2D eigenvalue weighted by Crippen LogP contribution is -2.65. The fourth-order valence-corrected chi connectivity index (χ4v) is 2.81. The largest absolute Gasteiger partial charge is 0.342 e. The Hall–Kier alpha value is -1.06. The average molecular weight is 282 g/mol. The fraction of sp³-hybridized carbons (Fsp3) is 0.875. The average Bonchev–Trinajstić information content (AvgIpc) is 2.33. The smallest absolute Gasteiger partial charge is 0.245 e. The molecular weight excluding hydrogens is 252 g/mol. The number of hydrogen-bond donors (Lipinski definition) is 1. The van der Waals surface area contributed by atoms with Crippen molar-refractivity contribution in [3.05, 3.63) is 0 Å². The molecular formula is C16H30N2O2. The summed E-state index contributed by atoms with van der Waals surface area (Å²) in [5.41, 5.74) is 0. The van der Waals surface area contributed by atoms with E-state index in [2.05, 4.69) is 39.9 Å². The van der Waals surface area contributed by atoms with E-state index >= 15 is 0 Å². The van der Waals surface area contributed by atoms with Crippen molar-refractivity contribution in [1.82, 2.24) is 10.2 Å². The lowest BCUT2D eigenvalue weighted by Gasteiger charge is -2.42. The summed E-state index contributed by atoms with van der Waals surface area (Å²) < 4.78 is 0. The number of piperazine rings is 1. The molecule has 4 nitrogen and oxygen atoms in total. The second-order valence-corrected chi connectivity index (χ2v) is 6.91. The van der Waals surface area contributed by atoms with Gasteiger partial charge in [0.1, 0.15) is 12.1 Å². The van der Waals surface area contributed by atoms with Gasteiger partial charge in [0.05, 0.1) is 0 Å². The van der Waals surface area contributed by atoms with Crippen LogP contribution >= 0.6 is 0 Å². The summed E-state index contributed by atoms with van der Waals surface area (Å²) in [6.07, 6.45) is 1.61. The minimum Gasteiger partial charge on any atom is -0.342 e. The molecule has 0 aromatic rings. The third-order valence-corrected chi connectivity index (χ3v) is 3.95. The molecule has 1 rings (SSSR count). The molecule has 20 heavy (non-hydrogen) atoms. The van der Waals surface area contributed by atoms with Gasteiger partial charge in [-0.2, -0.15) is 0 Å². The van der Waals surface area contributed by atoms with Crippen molar-refractivity contribution < 1.29 is 9.59 Å². The third kappa shape index (κ3) is 3.97. The van der Waals surface area contributed by atoms with Gasteiger partial charge in [-0.1, -0.05) is 48.0 Å².